The third-order valence-corrected chi connectivity index (χ3v) is 2.50. The van der Waals surface area contributed by atoms with Crippen LogP contribution in [0.2, 0.25) is 0 Å². The molecule has 0 unspecified atom stereocenters. The topological polar surface area (TPSA) is 127 Å². The highest BCUT2D eigenvalue weighted by molar-refractivity contribution is 5.77. The summed E-state index contributed by atoms with van der Waals surface area (Å²) in [5.41, 5.74) is 2.31. The van der Waals surface area contributed by atoms with Crippen molar-refractivity contribution in [2.75, 3.05) is 24.4 Å². The Hall–Kier alpha value is -2.16. The van der Waals surface area contributed by atoms with Crippen molar-refractivity contribution >= 4 is 17.8 Å². The molecule has 9 nitrogen and oxygen atoms in total. The Morgan fingerprint density at radius 3 is 2.74 bits per heavy atom. The molecule has 1 aliphatic rings. The van der Waals surface area contributed by atoms with Crippen LogP contribution in [0.5, 0.6) is 6.01 Å². The predicted octanol–water partition coefficient (Wildman–Crippen LogP) is -0.754. The van der Waals surface area contributed by atoms with Gasteiger partial charge in [0.1, 0.15) is 0 Å². The molecule has 0 spiro atoms. The number of hydrogen-bond donors (Lipinski definition) is 4. The van der Waals surface area contributed by atoms with E-state index in [2.05, 4.69) is 31.0 Å². The second-order valence-electron chi connectivity index (χ2n) is 4.13. The second-order valence-corrected chi connectivity index (χ2v) is 4.13. The maximum absolute atomic E-state index is 11.5. The standard InChI is InChI=1S/C10H17N7O2/c1-19-10-15-8(14-9(16-10)17-11)12-5-4-7(18)13-6-2-3-6/h6H,2-5,11H2,1H3,(H,13,18)(H2,12,14,15,16,17). The lowest BCUT2D eigenvalue weighted by molar-refractivity contribution is -0.120. The Morgan fingerprint density at radius 2 is 2.11 bits per heavy atom. The van der Waals surface area contributed by atoms with Gasteiger partial charge in [-0.2, -0.15) is 15.0 Å². The maximum Gasteiger partial charge on any atom is 0.322 e. The first-order valence-electron chi connectivity index (χ1n) is 6.01. The van der Waals surface area contributed by atoms with E-state index in [1.165, 1.54) is 7.11 Å². The number of carbonyl (C=O) groups excluding carboxylic acids is 1. The molecule has 104 valence electrons. The molecule has 0 atom stereocenters. The Labute approximate surface area is 110 Å². The van der Waals surface area contributed by atoms with Crippen LogP contribution in [0.3, 0.4) is 0 Å². The molecule has 1 fully saturated rings. The fourth-order valence-corrected chi connectivity index (χ4v) is 1.41. The molecule has 19 heavy (non-hydrogen) atoms. The van der Waals surface area contributed by atoms with Crippen molar-refractivity contribution in [1.82, 2.24) is 20.3 Å². The van der Waals surface area contributed by atoms with Crippen molar-refractivity contribution in [3.63, 3.8) is 0 Å². The van der Waals surface area contributed by atoms with Crippen LogP contribution >= 0.6 is 0 Å². The summed E-state index contributed by atoms with van der Waals surface area (Å²) in [7, 11) is 1.45. The van der Waals surface area contributed by atoms with Gasteiger partial charge in [-0.3, -0.25) is 10.2 Å². The smallest absolute Gasteiger partial charge is 0.322 e. The first kappa shape index (κ1) is 13.3. The van der Waals surface area contributed by atoms with Crippen LogP contribution < -0.4 is 26.6 Å². The molecule has 1 aliphatic carbocycles. The van der Waals surface area contributed by atoms with Gasteiger partial charge in [0.2, 0.25) is 17.8 Å². The van der Waals surface area contributed by atoms with Crippen LogP contribution in [0.25, 0.3) is 0 Å². The maximum atomic E-state index is 11.5. The van der Waals surface area contributed by atoms with E-state index in [9.17, 15) is 4.79 Å². The fraction of sp³-hybridized carbons (Fsp3) is 0.600. The molecule has 0 bridgehead atoms. The summed E-state index contributed by atoms with van der Waals surface area (Å²) in [4.78, 5) is 23.3. The monoisotopic (exact) mass is 267 g/mol. The average molecular weight is 267 g/mol. The van der Waals surface area contributed by atoms with Crippen LogP contribution in [0.15, 0.2) is 0 Å². The number of hydrazine groups is 1. The van der Waals surface area contributed by atoms with Crippen molar-refractivity contribution in [2.45, 2.75) is 25.3 Å². The lowest BCUT2D eigenvalue weighted by Crippen LogP contribution is -2.27. The SMILES string of the molecule is COc1nc(NN)nc(NCCC(=O)NC2CC2)n1. The number of anilines is 2. The van der Waals surface area contributed by atoms with Gasteiger partial charge in [-0.15, -0.1) is 0 Å². The number of nitrogens with two attached hydrogens (primary N) is 1. The summed E-state index contributed by atoms with van der Waals surface area (Å²) in [6.45, 7) is 0.426. The zero-order chi connectivity index (χ0) is 13.7. The number of nitrogens with zero attached hydrogens (tertiary/aromatic N) is 3. The zero-order valence-electron chi connectivity index (χ0n) is 10.6. The molecule has 1 amide bonds. The van der Waals surface area contributed by atoms with Crippen molar-refractivity contribution in [3.05, 3.63) is 0 Å². The lowest BCUT2D eigenvalue weighted by atomic mass is 10.4. The molecule has 1 heterocycles. The Bertz CT molecular complexity index is 427. The lowest BCUT2D eigenvalue weighted by Gasteiger charge is -2.07. The molecule has 0 radical (unpaired) electrons. The minimum Gasteiger partial charge on any atom is -0.467 e. The van der Waals surface area contributed by atoms with Crippen LogP contribution in [0.1, 0.15) is 19.3 Å². The van der Waals surface area contributed by atoms with Crippen LogP contribution in [0, 0.1) is 0 Å². The van der Waals surface area contributed by atoms with Crippen molar-refractivity contribution in [1.29, 1.82) is 0 Å². The summed E-state index contributed by atoms with van der Waals surface area (Å²) in [6.07, 6.45) is 2.51. The van der Waals surface area contributed by atoms with Gasteiger partial charge in [-0.05, 0) is 12.8 Å². The Balaban J connectivity index is 1.82. The van der Waals surface area contributed by atoms with Crippen LogP contribution in [0.4, 0.5) is 11.9 Å². The number of aromatic nitrogens is 3. The Morgan fingerprint density at radius 1 is 1.37 bits per heavy atom. The third-order valence-electron chi connectivity index (χ3n) is 2.50. The predicted molar refractivity (Wildman–Crippen MR) is 68.5 cm³/mol. The molecule has 5 N–H and O–H groups in total. The molecule has 1 saturated carbocycles. The van der Waals surface area contributed by atoms with E-state index in [0.29, 0.717) is 25.0 Å². The average Bonchev–Trinajstić information content (AvgIpc) is 3.22. The zero-order valence-corrected chi connectivity index (χ0v) is 10.6. The van der Waals surface area contributed by atoms with Gasteiger partial charge in [-0.25, -0.2) is 5.84 Å². The number of hydrogen-bond acceptors (Lipinski definition) is 8. The minimum absolute atomic E-state index is 0.0215. The number of nitrogen functional groups attached to an aromatic ring is 1. The largest absolute Gasteiger partial charge is 0.467 e. The molecule has 2 rings (SSSR count). The van der Waals surface area contributed by atoms with E-state index in [-0.39, 0.29) is 17.9 Å². The second kappa shape index (κ2) is 6.14. The number of methoxy groups -OCH3 is 1. The molecule has 1 aromatic rings. The van der Waals surface area contributed by atoms with Crippen molar-refractivity contribution in [3.8, 4) is 6.01 Å². The van der Waals surface area contributed by atoms with Gasteiger partial charge < -0.3 is 15.4 Å². The number of rotatable bonds is 7. The van der Waals surface area contributed by atoms with Gasteiger partial charge >= 0.3 is 6.01 Å². The van der Waals surface area contributed by atoms with E-state index in [1.54, 1.807) is 0 Å². The fourth-order valence-electron chi connectivity index (χ4n) is 1.41. The van der Waals surface area contributed by atoms with Crippen LogP contribution in [-0.2, 0) is 4.79 Å². The van der Waals surface area contributed by atoms with Crippen molar-refractivity contribution in [2.24, 2.45) is 5.84 Å². The molecule has 0 aliphatic heterocycles. The molecular weight excluding hydrogens is 250 g/mol. The Kier molecular flexibility index (Phi) is 4.29. The molecule has 0 aromatic carbocycles. The van der Waals surface area contributed by atoms with Gasteiger partial charge in [0, 0.05) is 19.0 Å². The first-order chi connectivity index (χ1) is 9.21. The van der Waals surface area contributed by atoms with E-state index in [4.69, 9.17) is 10.6 Å². The van der Waals surface area contributed by atoms with E-state index < -0.39 is 0 Å². The van der Waals surface area contributed by atoms with Gasteiger partial charge in [0.25, 0.3) is 0 Å². The van der Waals surface area contributed by atoms with E-state index in [0.717, 1.165) is 12.8 Å². The summed E-state index contributed by atoms with van der Waals surface area (Å²) < 4.78 is 4.91. The van der Waals surface area contributed by atoms with Gasteiger partial charge in [0.05, 0.1) is 7.11 Å². The number of nitrogens with one attached hydrogen (secondary N) is 3. The summed E-state index contributed by atoms with van der Waals surface area (Å²) in [5.74, 6) is 5.75. The minimum atomic E-state index is 0.0215. The summed E-state index contributed by atoms with van der Waals surface area (Å²) in [5, 5.41) is 5.82. The molecule has 0 saturated heterocycles. The highest BCUT2D eigenvalue weighted by atomic mass is 16.5. The number of ether oxygens (including phenoxy) is 1. The van der Waals surface area contributed by atoms with E-state index in [1.807, 2.05) is 0 Å². The normalized spacial score (nSPS) is 13.8. The van der Waals surface area contributed by atoms with Crippen LogP contribution in [-0.4, -0.2) is 40.6 Å². The highest BCUT2D eigenvalue weighted by Gasteiger charge is 2.22. The molecular formula is C10H17N7O2. The van der Waals surface area contributed by atoms with Gasteiger partial charge in [0.15, 0.2) is 0 Å². The molecule has 1 aromatic heterocycles. The highest BCUT2D eigenvalue weighted by Crippen LogP contribution is 2.18. The quantitative estimate of drug-likeness (QED) is 0.375. The van der Waals surface area contributed by atoms with Gasteiger partial charge in [-0.1, -0.05) is 0 Å². The van der Waals surface area contributed by atoms with E-state index >= 15 is 0 Å². The third kappa shape index (κ3) is 4.21. The summed E-state index contributed by atoms with van der Waals surface area (Å²) >= 11 is 0. The molecule has 9 heteroatoms. The number of carbonyl (C=O) groups is 1. The summed E-state index contributed by atoms with van der Waals surface area (Å²) in [6, 6.07) is 0.519. The van der Waals surface area contributed by atoms with Crippen molar-refractivity contribution < 1.29 is 9.53 Å². The number of amides is 1. The first-order valence-corrected chi connectivity index (χ1v) is 6.01.